The molecule has 1 aliphatic heterocycles. The first-order valence-corrected chi connectivity index (χ1v) is 15.9. The number of hydrogen-bond donors (Lipinski definition) is 2. The smallest absolute Gasteiger partial charge is 0.324 e. The number of aryl methyl sites for hydroxylation is 1. The maximum absolute atomic E-state index is 13.5. The number of anilines is 2. The fraction of sp³-hybridized carbons (Fsp3) is 0.378. The Balaban J connectivity index is 1.17. The van der Waals surface area contributed by atoms with E-state index in [9.17, 15) is 9.59 Å². The number of ether oxygens (including phenoxy) is 3. The van der Waals surface area contributed by atoms with Gasteiger partial charge >= 0.3 is 6.03 Å². The molecule has 0 spiro atoms. The summed E-state index contributed by atoms with van der Waals surface area (Å²) in [5.41, 5.74) is 5.03. The number of urea groups is 1. The molecular weight excluding hydrogens is 594 g/mol. The average molecular weight is 640 g/mol. The average Bonchev–Trinajstić information content (AvgIpc) is 3.49. The molecule has 3 amide bonds. The monoisotopic (exact) mass is 639 g/mol. The zero-order valence-electron chi connectivity index (χ0n) is 28.3. The minimum atomic E-state index is -0.339. The van der Waals surface area contributed by atoms with Crippen LogP contribution < -0.4 is 24.8 Å². The van der Waals surface area contributed by atoms with Gasteiger partial charge in [0.05, 0.1) is 32.7 Å². The zero-order chi connectivity index (χ0) is 33.7. The summed E-state index contributed by atoms with van der Waals surface area (Å²) in [6, 6.07) is 21.0. The normalized spacial score (nSPS) is 13.6. The number of aromatic nitrogens is 2. The number of hydrogen-bond acceptors (Lipinski definition) is 6. The van der Waals surface area contributed by atoms with Crippen LogP contribution in [0.1, 0.15) is 60.8 Å². The lowest BCUT2D eigenvalue weighted by Crippen LogP contribution is -2.39. The summed E-state index contributed by atoms with van der Waals surface area (Å²) in [4.78, 5) is 28.4. The molecule has 2 heterocycles. The standard InChI is InChI=1S/C37H45N5O5/c1-24-8-14-28(15-9-24)42-33(23-32(40-42)37(2,3)4)39-36(44)38-27-12-10-25(11-13-27)20-26-16-18-41(19-17-26)35(43)34-30(46-6)21-29(45-5)22-31(34)47-7/h8-15,21-23,26H,16-20H2,1-7H3,(H2,38,39,44). The SMILES string of the molecule is COc1cc(OC)c(C(=O)N2CCC(Cc3ccc(NC(=O)Nc4cc(C(C)(C)C)nn4-c4ccc(C)cc4)cc3)CC2)c(OC)c1. The molecule has 1 aromatic heterocycles. The van der Waals surface area contributed by atoms with Crippen molar-refractivity contribution < 1.29 is 23.8 Å². The van der Waals surface area contributed by atoms with Gasteiger partial charge in [-0.3, -0.25) is 10.1 Å². The van der Waals surface area contributed by atoms with Gasteiger partial charge in [0.25, 0.3) is 5.91 Å². The molecular formula is C37H45N5O5. The Labute approximate surface area is 277 Å². The van der Waals surface area contributed by atoms with E-state index in [1.54, 1.807) is 23.9 Å². The van der Waals surface area contributed by atoms with Gasteiger partial charge in [0.1, 0.15) is 28.6 Å². The van der Waals surface area contributed by atoms with Crippen LogP contribution in [0.25, 0.3) is 5.69 Å². The minimum absolute atomic E-state index is 0.106. The molecule has 1 fully saturated rings. The highest BCUT2D eigenvalue weighted by molar-refractivity contribution is 6.00. The van der Waals surface area contributed by atoms with Crippen molar-refractivity contribution in [1.29, 1.82) is 0 Å². The number of nitrogens with one attached hydrogen (secondary N) is 2. The maximum Gasteiger partial charge on any atom is 0.324 e. The van der Waals surface area contributed by atoms with Gasteiger partial charge in [0, 0.05) is 42.4 Å². The summed E-state index contributed by atoms with van der Waals surface area (Å²) < 4.78 is 18.1. The van der Waals surface area contributed by atoms with Crippen LogP contribution >= 0.6 is 0 Å². The Kier molecular flexibility index (Phi) is 10.1. The summed E-state index contributed by atoms with van der Waals surface area (Å²) in [5.74, 6) is 2.37. The molecule has 248 valence electrons. The molecule has 0 aliphatic carbocycles. The third kappa shape index (κ3) is 7.88. The topological polar surface area (TPSA) is 107 Å². The van der Waals surface area contributed by atoms with Crippen LogP contribution in [0.5, 0.6) is 17.2 Å². The minimum Gasteiger partial charge on any atom is -0.496 e. The third-order valence-electron chi connectivity index (χ3n) is 8.56. The van der Waals surface area contributed by atoms with Gasteiger partial charge in [-0.15, -0.1) is 0 Å². The number of benzene rings is 3. The summed E-state index contributed by atoms with van der Waals surface area (Å²) in [6.07, 6.45) is 2.68. The molecule has 1 saturated heterocycles. The fourth-order valence-corrected chi connectivity index (χ4v) is 5.77. The van der Waals surface area contributed by atoms with Gasteiger partial charge in [0.15, 0.2) is 0 Å². The molecule has 3 aromatic carbocycles. The van der Waals surface area contributed by atoms with E-state index in [4.69, 9.17) is 19.3 Å². The number of amides is 3. The second kappa shape index (κ2) is 14.2. The number of methoxy groups -OCH3 is 3. The first kappa shape index (κ1) is 33.4. The van der Waals surface area contributed by atoms with Gasteiger partial charge in [-0.1, -0.05) is 50.6 Å². The Hall–Kier alpha value is -4.99. The van der Waals surface area contributed by atoms with Crippen molar-refractivity contribution in [2.45, 2.75) is 52.4 Å². The number of rotatable bonds is 9. The van der Waals surface area contributed by atoms with Gasteiger partial charge < -0.3 is 24.4 Å². The predicted molar refractivity (Wildman–Crippen MR) is 185 cm³/mol. The van der Waals surface area contributed by atoms with Crippen LogP contribution in [0, 0.1) is 12.8 Å². The van der Waals surface area contributed by atoms with Crippen molar-refractivity contribution >= 4 is 23.4 Å². The molecule has 5 rings (SSSR count). The van der Waals surface area contributed by atoms with E-state index in [0.29, 0.717) is 53.3 Å². The van der Waals surface area contributed by atoms with Crippen molar-refractivity contribution in [2.24, 2.45) is 5.92 Å². The number of likely N-dealkylation sites (tertiary alicyclic amines) is 1. The molecule has 0 unspecified atom stereocenters. The summed E-state index contributed by atoms with van der Waals surface area (Å²) in [6.45, 7) is 9.63. The van der Waals surface area contributed by atoms with Crippen molar-refractivity contribution in [2.75, 3.05) is 45.1 Å². The van der Waals surface area contributed by atoms with Crippen molar-refractivity contribution in [3.8, 4) is 22.9 Å². The fourth-order valence-electron chi connectivity index (χ4n) is 5.77. The lowest BCUT2D eigenvalue weighted by Gasteiger charge is -2.32. The quantitative estimate of drug-likeness (QED) is 0.200. The van der Waals surface area contributed by atoms with E-state index < -0.39 is 0 Å². The van der Waals surface area contributed by atoms with Crippen molar-refractivity contribution in [3.63, 3.8) is 0 Å². The molecule has 47 heavy (non-hydrogen) atoms. The van der Waals surface area contributed by atoms with E-state index in [2.05, 4.69) is 43.5 Å². The van der Waals surface area contributed by atoms with Gasteiger partial charge in [-0.25, -0.2) is 9.48 Å². The van der Waals surface area contributed by atoms with E-state index in [1.807, 2.05) is 54.3 Å². The maximum atomic E-state index is 13.5. The number of piperidine rings is 1. The molecule has 2 N–H and O–H groups in total. The first-order valence-electron chi connectivity index (χ1n) is 15.9. The second-order valence-corrected chi connectivity index (χ2v) is 13.0. The van der Waals surface area contributed by atoms with Gasteiger partial charge in [0.2, 0.25) is 0 Å². The first-order chi connectivity index (χ1) is 22.5. The van der Waals surface area contributed by atoms with E-state index >= 15 is 0 Å². The van der Waals surface area contributed by atoms with Crippen LogP contribution in [0.15, 0.2) is 66.7 Å². The van der Waals surface area contributed by atoms with E-state index in [0.717, 1.165) is 36.2 Å². The number of carbonyl (C=O) groups is 2. The predicted octanol–water partition coefficient (Wildman–Crippen LogP) is 7.24. The van der Waals surface area contributed by atoms with E-state index in [1.165, 1.54) is 19.8 Å². The van der Waals surface area contributed by atoms with Crippen LogP contribution in [-0.2, 0) is 11.8 Å². The highest BCUT2D eigenvalue weighted by Gasteiger charge is 2.29. The molecule has 10 heteroatoms. The molecule has 0 atom stereocenters. The highest BCUT2D eigenvalue weighted by Crippen LogP contribution is 2.36. The van der Waals surface area contributed by atoms with Gasteiger partial charge in [-0.05, 0) is 61.9 Å². The summed E-state index contributed by atoms with van der Waals surface area (Å²) in [5, 5.41) is 10.7. The number of carbonyl (C=O) groups excluding carboxylic acids is 2. The molecule has 0 radical (unpaired) electrons. The van der Waals surface area contributed by atoms with Crippen molar-refractivity contribution in [1.82, 2.24) is 14.7 Å². The zero-order valence-corrected chi connectivity index (χ0v) is 28.3. The number of nitrogens with zero attached hydrogens (tertiary/aromatic N) is 3. The molecule has 10 nitrogen and oxygen atoms in total. The highest BCUT2D eigenvalue weighted by atomic mass is 16.5. The Morgan fingerprint density at radius 3 is 2.02 bits per heavy atom. The van der Waals surface area contributed by atoms with Crippen LogP contribution in [0.2, 0.25) is 0 Å². The molecule has 4 aromatic rings. The van der Waals surface area contributed by atoms with Crippen LogP contribution in [-0.4, -0.2) is 61.0 Å². The summed E-state index contributed by atoms with van der Waals surface area (Å²) >= 11 is 0. The Bertz CT molecular complexity index is 1670. The lowest BCUT2D eigenvalue weighted by molar-refractivity contribution is 0.0683. The Morgan fingerprint density at radius 1 is 0.851 bits per heavy atom. The van der Waals surface area contributed by atoms with Crippen LogP contribution in [0.4, 0.5) is 16.3 Å². The second-order valence-electron chi connectivity index (χ2n) is 13.0. The van der Waals surface area contributed by atoms with Gasteiger partial charge in [-0.2, -0.15) is 5.10 Å². The molecule has 0 saturated carbocycles. The largest absolute Gasteiger partial charge is 0.496 e. The molecule has 1 aliphatic rings. The van der Waals surface area contributed by atoms with Crippen molar-refractivity contribution in [3.05, 3.63) is 89.1 Å². The van der Waals surface area contributed by atoms with E-state index in [-0.39, 0.29) is 17.4 Å². The third-order valence-corrected chi connectivity index (χ3v) is 8.56. The molecule has 0 bridgehead atoms. The Morgan fingerprint density at radius 2 is 1.47 bits per heavy atom. The summed E-state index contributed by atoms with van der Waals surface area (Å²) in [7, 11) is 4.64. The lowest BCUT2D eigenvalue weighted by atomic mass is 9.90. The van der Waals surface area contributed by atoms with Crippen LogP contribution in [0.3, 0.4) is 0 Å².